The zero-order valence-corrected chi connectivity index (χ0v) is 24.9. The lowest BCUT2D eigenvalue weighted by atomic mass is 10.0. The summed E-state index contributed by atoms with van der Waals surface area (Å²) >= 11 is 0. The molecule has 1 atom stereocenters. The van der Waals surface area contributed by atoms with Gasteiger partial charge in [-0.2, -0.15) is 0 Å². The molecule has 4 N–H and O–H groups in total. The number of sulfonamides is 1. The number of halogens is 1. The number of anilines is 2. The summed E-state index contributed by atoms with van der Waals surface area (Å²) in [5.74, 6) is 0.527. The number of hydrogen-bond donors (Lipinski definition) is 4. The molecular weight excluding hydrogens is 585 g/mol. The Hall–Kier alpha value is -4.52. The van der Waals surface area contributed by atoms with Crippen LogP contribution in [0, 0.1) is 5.82 Å². The monoisotopic (exact) mass is 619 g/mol. The van der Waals surface area contributed by atoms with Gasteiger partial charge in [0.2, 0.25) is 21.5 Å². The maximum Gasteiger partial charge on any atom is 0.248 e. The molecule has 10 nitrogen and oxygen atoms in total. The van der Waals surface area contributed by atoms with Crippen LogP contribution < -0.4 is 25.7 Å². The summed E-state index contributed by atoms with van der Waals surface area (Å²) in [5, 5.41) is 6.24. The van der Waals surface area contributed by atoms with Gasteiger partial charge in [-0.15, -0.1) is 0 Å². The van der Waals surface area contributed by atoms with Gasteiger partial charge in [0.05, 0.1) is 6.26 Å². The van der Waals surface area contributed by atoms with E-state index in [1.54, 1.807) is 36.4 Å². The molecule has 1 aromatic heterocycles. The number of pyridine rings is 1. The molecule has 4 aromatic rings. The molecule has 0 aliphatic carbocycles. The molecule has 3 aromatic carbocycles. The molecule has 5 rings (SSSR count). The highest BCUT2D eigenvalue weighted by atomic mass is 32.2. The number of rotatable bonds is 11. The minimum atomic E-state index is -3.34. The standard InChI is InChI=1S/C32H34FN5O5S/c1-44(41,42)37-26-11-15-28(16-12-26)43-27-13-5-22(6-14-27)21-38-19-17-25(18-20-38)34-31(29-3-2-4-30(39)36-29)32(40)35-24-9-7-23(33)8-10-24/h2-16,25,31,34,37H,17-21H2,1H3,(H,35,40)(H,36,39). The second-order valence-corrected chi connectivity index (χ2v) is 12.5. The van der Waals surface area contributed by atoms with Crippen molar-refractivity contribution in [2.75, 3.05) is 29.4 Å². The van der Waals surface area contributed by atoms with E-state index >= 15 is 0 Å². The Morgan fingerprint density at radius 2 is 1.55 bits per heavy atom. The molecule has 1 unspecified atom stereocenters. The zero-order chi connectivity index (χ0) is 31.1. The first-order chi connectivity index (χ1) is 21.1. The number of ether oxygens (including phenoxy) is 1. The van der Waals surface area contributed by atoms with Crippen molar-refractivity contribution in [2.24, 2.45) is 0 Å². The predicted molar refractivity (Wildman–Crippen MR) is 168 cm³/mol. The highest BCUT2D eigenvalue weighted by Gasteiger charge is 2.27. The molecule has 1 amide bonds. The molecule has 1 saturated heterocycles. The van der Waals surface area contributed by atoms with Crippen molar-refractivity contribution >= 4 is 27.3 Å². The second-order valence-electron chi connectivity index (χ2n) is 10.8. The molecule has 44 heavy (non-hydrogen) atoms. The van der Waals surface area contributed by atoms with Crippen LogP contribution >= 0.6 is 0 Å². The summed E-state index contributed by atoms with van der Waals surface area (Å²) in [6, 6.07) is 24.0. The quantitative estimate of drug-likeness (QED) is 0.193. The number of nitrogens with zero attached hydrogens (tertiary/aromatic N) is 1. The van der Waals surface area contributed by atoms with Gasteiger partial charge in [-0.3, -0.25) is 24.5 Å². The van der Waals surface area contributed by atoms with Gasteiger partial charge in [-0.05, 0) is 98.2 Å². The lowest BCUT2D eigenvalue weighted by Gasteiger charge is -2.34. The van der Waals surface area contributed by atoms with E-state index in [0.717, 1.165) is 44.3 Å². The summed E-state index contributed by atoms with van der Waals surface area (Å²) < 4.78 is 44.4. The van der Waals surface area contributed by atoms with Crippen molar-refractivity contribution in [1.82, 2.24) is 15.2 Å². The van der Waals surface area contributed by atoms with Gasteiger partial charge in [-0.1, -0.05) is 18.2 Å². The molecule has 2 heterocycles. The molecule has 1 aliphatic rings. The van der Waals surface area contributed by atoms with Gasteiger partial charge in [0, 0.05) is 35.7 Å². The van der Waals surface area contributed by atoms with Gasteiger partial charge in [0.15, 0.2) is 0 Å². The maximum absolute atomic E-state index is 13.3. The van der Waals surface area contributed by atoms with Crippen molar-refractivity contribution in [3.63, 3.8) is 0 Å². The third-order valence-electron chi connectivity index (χ3n) is 7.19. The number of carbonyl (C=O) groups is 1. The topological polar surface area (TPSA) is 133 Å². The third kappa shape index (κ3) is 8.99. The molecule has 230 valence electrons. The number of amides is 1. The first-order valence-corrected chi connectivity index (χ1v) is 16.1. The Labute approximate surface area is 255 Å². The fraction of sp³-hybridized carbons (Fsp3) is 0.250. The summed E-state index contributed by atoms with van der Waals surface area (Å²) in [7, 11) is -3.34. The summed E-state index contributed by atoms with van der Waals surface area (Å²) in [6.45, 7) is 2.40. The van der Waals surface area contributed by atoms with Crippen LogP contribution in [0.5, 0.6) is 11.5 Å². The number of H-pyrrole nitrogens is 1. The number of piperidine rings is 1. The first kappa shape index (κ1) is 30.9. The van der Waals surface area contributed by atoms with Crippen LogP contribution in [0.2, 0.25) is 0 Å². The van der Waals surface area contributed by atoms with Crippen LogP contribution in [-0.2, 0) is 21.4 Å². The lowest BCUT2D eigenvalue weighted by molar-refractivity contribution is -0.118. The number of aromatic amines is 1. The van der Waals surface area contributed by atoms with Gasteiger partial charge < -0.3 is 15.0 Å². The van der Waals surface area contributed by atoms with Gasteiger partial charge >= 0.3 is 0 Å². The van der Waals surface area contributed by atoms with Crippen LogP contribution in [-0.4, -0.2) is 49.6 Å². The van der Waals surface area contributed by atoms with Crippen molar-refractivity contribution in [3.05, 3.63) is 118 Å². The smallest absolute Gasteiger partial charge is 0.248 e. The number of aromatic nitrogens is 1. The largest absolute Gasteiger partial charge is 0.457 e. The average molecular weight is 620 g/mol. The molecule has 1 aliphatic heterocycles. The average Bonchev–Trinajstić information content (AvgIpc) is 2.99. The summed E-state index contributed by atoms with van der Waals surface area (Å²) in [4.78, 5) is 30.4. The number of carbonyl (C=O) groups excluding carboxylic acids is 1. The fourth-order valence-electron chi connectivity index (χ4n) is 5.04. The van der Waals surface area contributed by atoms with Crippen LogP contribution in [0.15, 0.2) is 95.8 Å². The van der Waals surface area contributed by atoms with Gasteiger partial charge in [0.25, 0.3) is 0 Å². The molecule has 0 saturated carbocycles. The minimum Gasteiger partial charge on any atom is -0.457 e. The van der Waals surface area contributed by atoms with Gasteiger partial charge in [0.1, 0.15) is 23.4 Å². The Morgan fingerprint density at radius 1 is 0.932 bits per heavy atom. The predicted octanol–water partition coefficient (Wildman–Crippen LogP) is 4.61. The zero-order valence-electron chi connectivity index (χ0n) is 24.1. The van der Waals surface area contributed by atoms with Gasteiger partial charge in [-0.25, -0.2) is 12.8 Å². The van der Waals surface area contributed by atoms with Crippen LogP contribution in [0.1, 0.15) is 30.1 Å². The minimum absolute atomic E-state index is 0.0497. The van der Waals surface area contributed by atoms with Crippen LogP contribution in [0.3, 0.4) is 0 Å². The van der Waals surface area contributed by atoms with E-state index in [4.69, 9.17) is 4.74 Å². The van der Waals surface area contributed by atoms with E-state index in [9.17, 15) is 22.4 Å². The lowest BCUT2D eigenvalue weighted by Crippen LogP contribution is -2.46. The second kappa shape index (κ2) is 13.8. The van der Waals surface area contributed by atoms with Crippen molar-refractivity contribution in [3.8, 4) is 11.5 Å². The molecular formula is C32H34FN5O5S. The Kier molecular flexibility index (Phi) is 9.73. The summed E-state index contributed by atoms with van der Waals surface area (Å²) in [6.07, 6.45) is 2.72. The number of benzene rings is 3. The highest BCUT2D eigenvalue weighted by Crippen LogP contribution is 2.25. The molecule has 0 bridgehead atoms. The van der Waals surface area contributed by atoms with Crippen LogP contribution in [0.4, 0.5) is 15.8 Å². The molecule has 12 heteroatoms. The normalized spacial score (nSPS) is 15.0. The maximum atomic E-state index is 13.3. The van der Waals surface area contributed by atoms with Crippen molar-refractivity contribution in [1.29, 1.82) is 0 Å². The summed E-state index contributed by atoms with van der Waals surface area (Å²) in [5.41, 5.74) is 2.23. The van der Waals surface area contributed by atoms with E-state index in [1.165, 1.54) is 30.3 Å². The number of nitrogens with one attached hydrogen (secondary N) is 4. The van der Waals surface area contributed by atoms with Crippen LogP contribution in [0.25, 0.3) is 0 Å². The molecule has 0 spiro atoms. The van der Waals surface area contributed by atoms with E-state index in [-0.39, 0.29) is 17.5 Å². The van der Waals surface area contributed by atoms with E-state index < -0.39 is 21.9 Å². The first-order valence-electron chi connectivity index (χ1n) is 14.2. The Balaban J connectivity index is 1.14. The van der Waals surface area contributed by atoms with Crippen molar-refractivity contribution in [2.45, 2.75) is 31.5 Å². The third-order valence-corrected chi connectivity index (χ3v) is 7.80. The molecule has 1 fully saturated rings. The number of hydrogen-bond acceptors (Lipinski definition) is 7. The van der Waals surface area contributed by atoms with Crippen molar-refractivity contribution < 1.29 is 22.3 Å². The fourth-order valence-corrected chi connectivity index (χ4v) is 5.61. The Morgan fingerprint density at radius 3 is 2.16 bits per heavy atom. The molecule has 0 radical (unpaired) electrons. The Bertz CT molecular complexity index is 1720. The van der Waals surface area contributed by atoms with E-state index in [0.29, 0.717) is 28.6 Å². The number of likely N-dealkylation sites (tertiary alicyclic amines) is 1. The SMILES string of the molecule is CS(=O)(=O)Nc1ccc(Oc2ccc(CN3CCC(NC(C(=O)Nc4ccc(F)cc4)c4cccc(=O)[nH]4)CC3)cc2)cc1. The van der Waals surface area contributed by atoms with E-state index in [2.05, 4.69) is 25.2 Å². The highest BCUT2D eigenvalue weighted by molar-refractivity contribution is 7.92. The van der Waals surface area contributed by atoms with E-state index in [1.807, 2.05) is 24.3 Å².